The Kier molecular flexibility index (Phi) is 6.07. The van der Waals surface area contributed by atoms with E-state index in [9.17, 15) is 4.79 Å². The lowest BCUT2D eigenvalue weighted by Gasteiger charge is -2.36. The van der Waals surface area contributed by atoms with Crippen molar-refractivity contribution >= 4 is 11.5 Å². The van der Waals surface area contributed by atoms with Gasteiger partial charge in [0.05, 0.1) is 6.61 Å². The van der Waals surface area contributed by atoms with Crippen molar-refractivity contribution in [2.45, 2.75) is 13.3 Å². The predicted octanol–water partition coefficient (Wildman–Crippen LogP) is 3.48. The number of Topliss-reactive ketones (excluding diaryl/α,β-unsaturated/α-hetero) is 1. The first kappa shape index (κ1) is 17.5. The molecule has 0 amide bonds. The van der Waals surface area contributed by atoms with Gasteiger partial charge in [-0.25, -0.2) is 0 Å². The standard InChI is InChI=1S/C21H26N2O2/c1-18(24)19-7-5-10-21(17-19)25-16-6-11-22-12-14-23(15-13-22)20-8-3-2-4-9-20/h2-5,7-10,17H,6,11-16H2,1H3. The zero-order chi connectivity index (χ0) is 17.5. The summed E-state index contributed by atoms with van der Waals surface area (Å²) in [6, 6.07) is 18.0. The van der Waals surface area contributed by atoms with Gasteiger partial charge >= 0.3 is 0 Å². The zero-order valence-corrected chi connectivity index (χ0v) is 14.9. The van der Waals surface area contributed by atoms with Crippen LogP contribution in [0, 0.1) is 0 Å². The third kappa shape index (κ3) is 5.07. The molecule has 1 saturated heterocycles. The summed E-state index contributed by atoms with van der Waals surface area (Å²) >= 11 is 0. The van der Waals surface area contributed by atoms with Crippen LogP contribution in [-0.2, 0) is 0 Å². The van der Waals surface area contributed by atoms with Crippen LogP contribution >= 0.6 is 0 Å². The minimum atomic E-state index is 0.0711. The molecule has 4 nitrogen and oxygen atoms in total. The number of ether oxygens (including phenoxy) is 1. The van der Waals surface area contributed by atoms with Crippen molar-refractivity contribution in [3.63, 3.8) is 0 Å². The molecule has 0 aliphatic carbocycles. The van der Waals surface area contributed by atoms with Gasteiger partial charge in [0, 0.05) is 44.0 Å². The number of carbonyl (C=O) groups excluding carboxylic acids is 1. The first-order valence-corrected chi connectivity index (χ1v) is 8.98. The highest BCUT2D eigenvalue weighted by Gasteiger charge is 2.16. The highest BCUT2D eigenvalue weighted by molar-refractivity contribution is 5.94. The second-order valence-corrected chi connectivity index (χ2v) is 6.45. The Bertz CT molecular complexity index is 679. The van der Waals surface area contributed by atoms with Crippen molar-refractivity contribution in [2.24, 2.45) is 0 Å². The number of rotatable bonds is 7. The first-order valence-electron chi connectivity index (χ1n) is 8.98. The smallest absolute Gasteiger partial charge is 0.159 e. The van der Waals surface area contributed by atoms with Crippen LogP contribution in [0.15, 0.2) is 54.6 Å². The Labute approximate surface area is 150 Å². The predicted molar refractivity (Wildman–Crippen MR) is 102 cm³/mol. The van der Waals surface area contributed by atoms with Gasteiger partial charge in [-0.05, 0) is 37.6 Å². The van der Waals surface area contributed by atoms with E-state index < -0.39 is 0 Å². The summed E-state index contributed by atoms with van der Waals surface area (Å²) in [6.07, 6.45) is 0.996. The second kappa shape index (κ2) is 8.67. The average molecular weight is 338 g/mol. The first-order chi connectivity index (χ1) is 12.2. The maximum Gasteiger partial charge on any atom is 0.159 e. The number of piperazine rings is 1. The largest absolute Gasteiger partial charge is 0.494 e. The average Bonchev–Trinajstić information content (AvgIpc) is 2.67. The Morgan fingerprint density at radius 1 is 1.00 bits per heavy atom. The van der Waals surface area contributed by atoms with Gasteiger partial charge in [-0.15, -0.1) is 0 Å². The van der Waals surface area contributed by atoms with Crippen molar-refractivity contribution in [3.8, 4) is 5.75 Å². The fraction of sp³-hybridized carbons (Fsp3) is 0.381. The van der Waals surface area contributed by atoms with Gasteiger partial charge in [-0.1, -0.05) is 30.3 Å². The van der Waals surface area contributed by atoms with Crippen molar-refractivity contribution in [1.82, 2.24) is 4.90 Å². The fourth-order valence-corrected chi connectivity index (χ4v) is 3.15. The Morgan fingerprint density at radius 2 is 1.76 bits per heavy atom. The Morgan fingerprint density at radius 3 is 2.48 bits per heavy atom. The number of benzene rings is 2. The molecule has 0 bridgehead atoms. The molecule has 0 saturated carbocycles. The van der Waals surface area contributed by atoms with Crippen molar-refractivity contribution < 1.29 is 9.53 Å². The van der Waals surface area contributed by atoms with E-state index in [2.05, 4.69) is 40.1 Å². The second-order valence-electron chi connectivity index (χ2n) is 6.45. The summed E-state index contributed by atoms with van der Waals surface area (Å²) in [5.74, 6) is 0.850. The molecule has 0 aromatic heterocycles. The van der Waals surface area contributed by atoms with E-state index in [1.807, 2.05) is 24.3 Å². The van der Waals surface area contributed by atoms with Gasteiger partial charge in [0.25, 0.3) is 0 Å². The summed E-state index contributed by atoms with van der Waals surface area (Å²) in [5.41, 5.74) is 2.02. The monoisotopic (exact) mass is 338 g/mol. The highest BCUT2D eigenvalue weighted by atomic mass is 16.5. The Hall–Kier alpha value is -2.33. The Balaban J connectivity index is 1.36. The molecule has 25 heavy (non-hydrogen) atoms. The molecule has 0 unspecified atom stereocenters. The van der Waals surface area contributed by atoms with Crippen LogP contribution in [0.2, 0.25) is 0 Å². The van der Waals surface area contributed by atoms with Crippen LogP contribution in [0.1, 0.15) is 23.7 Å². The molecule has 0 radical (unpaired) electrons. The summed E-state index contributed by atoms with van der Waals surface area (Å²) in [4.78, 5) is 16.3. The number of carbonyl (C=O) groups is 1. The van der Waals surface area contributed by atoms with Gasteiger partial charge in [-0.3, -0.25) is 9.69 Å². The van der Waals surface area contributed by atoms with Gasteiger partial charge in [0.1, 0.15) is 5.75 Å². The number of anilines is 1. The van der Waals surface area contributed by atoms with E-state index >= 15 is 0 Å². The lowest BCUT2D eigenvalue weighted by molar-refractivity contribution is 0.101. The molecular weight excluding hydrogens is 312 g/mol. The SMILES string of the molecule is CC(=O)c1cccc(OCCCN2CCN(c3ccccc3)CC2)c1. The van der Waals surface area contributed by atoms with Gasteiger partial charge in [0.15, 0.2) is 5.78 Å². The molecule has 3 rings (SSSR count). The minimum absolute atomic E-state index is 0.0711. The molecule has 0 N–H and O–H groups in total. The van der Waals surface area contributed by atoms with Crippen LogP contribution in [-0.4, -0.2) is 50.0 Å². The van der Waals surface area contributed by atoms with Gasteiger partial charge in [0.2, 0.25) is 0 Å². The molecular formula is C21H26N2O2. The van der Waals surface area contributed by atoms with Crippen LogP contribution in [0.3, 0.4) is 0 Å². The molecule has 132 valence electrons. The molecule has 2 aromatic carbocycles. The number of hydrogen-bond acceptors (Lipinski definition) is 4. The third-order valence-corrected chi connectivity index (χ3v) is 4.62. The maximum atomic E-state index is 11.4. The van der Waals surface area contributed by atoms with Crippen LogP contribution in [0.5, 0.6) is 5.75 Å². The third-order valence-electron chi connectivity index (χ3n) is 4.62. The topological polar surface area (TPSA) is 32.8 Å². The molecule has 4 heteroatoms. The van der Waals surface area contributed by atoms with E-state index in [1.54, 1.807) is 6.92 Å². The molecule has 1 aliphatic heterocycles. The summed E-state index contributed by atoms with van der Waals surface area (Å²) < 4.78 is 5.79. The minimum Gasteiger partial charge on any atom is -0.494 e. The molecule has 1 fully saturated rings. The van der Waals surface area contributed by atoms with E-state index in [-0.39, 0.29) is 5.78 Å². The van der Waals surface area contributed by atoms with E-state index in [0.717, 1.165) is 44.9 Å². The van der Waals surface area contributed by atoms with Crippen molar-refractivity contribution in [1.29, 1.82) is 0 Å². The summed E-state index contributed by atoms with van der Waals surface area (Å²) in [7, 11) is 0. The van der Waals surface area contributed by atoms with Crippen molar-refractivity contribution in [2.75, 3.05) is 44.2 Å². The molecule has 0 spiro atoms. The lowest BCUT2D eigenvalue weighted by Crippen LogP contribution is -2.46. The molecule has 2 aromatic rings. The summed E-state index contributed by atoms with van der Waals surface area (Å²) in [6.45, 7) is 7.64. The van der Waals surface area contributed by atoms with E-state index in [0.29, 0.717) is 12.2 Å². The molecule has 1 heterocycles. The number of para-hydroxylation sites is 1. The van der Waals surface area contributed by atoms with Gasteiger partial charge < -0.3 is 9.64 Å². The van der Waals surface area contributed by atoms with E-state index in [4.69, 9.17) is 4.74 Å². The maximum absolute atomic E-state index is 11.4. The number of nitrogens with zero attached hydrogens (tertiary/aromatic N) is 2. The zero-order valence-electron chi connectivity index (χ0n) is 14.9. The summed E-state index contributed by atoms with van der Waals surface area (Å²) in [5, 5.41) is 0. The number of hydrogen-bond donors (Lipinski definition) is 0. The van der Waals surface area contributed by atoms with Crippen LogP contribution in [0.4, 0.5) is 5.69 Å². The van der Waals surface area contributed by atoms with Crippen molar-refractivity contribution in [3.05, 3.63) is 60.2 Å². The highest BCUT2D eigenvalue weighted by Crippen LogP contribution is 2.16. The van der Waals surface area contributed by atoms with Crippen LogP contribution in [0.25, 0.3) is 0 Å². The van der Waals surface area contributed by atoms with Crippen LogP contribution < -0.4 is 9.64 Å². The van der Waals surface area contributed by atoms with E-state index in [1.165, 1.54) is 5.69 Å². The normalized spacial score (nSPS) is 15.2. The van der Waals surface area contributed by atoms with Gasteiger partial charge in [-0.2, -0.15) is 0 Å². The molecule has 1 aliphatic rings. The fourth-order valence-electron chi connectivity index (χ4n) is 3.15. The quantitative estimate of drug-likeness (QED) is 0.572. The number of ketones is 1. The molecule has 0 atom stereocenters. The lowest BCUT2D eigenvalue weighted by atomic mass is 10.1.